The van der Waals surface area contributed by atoms with Gasteiger partial charge in [-0.1, -0.05) is 18.2 Å². The van der Waals surface area contributed by atoms with E-state index in [1.807, 2.05) is 12.2 Å². The summed E-state index contributed by atoms with van der Waals surface area (Å²) in [5.41, 5.74) is 0. The first-order valence-electron chi connectivity index (χ1n) is 2.63. The van der Waals surface area contributed by atoms with E-state index in [0.717, 1.165) is 11.3 Å². The zero-order valence-corrected chi connectivity index (χ0v) is 10.1. The molecule has 0 aliphatic heterocycles. The van der Waals surface area contributed by atoms with Crippen molar-refractivity contribution in [1.82, 2.24) is 0 Å². The van der Waals surface area contributed by atoms with Crippen LogP contribution in [0, 0.1) is 6.92 Å². The second-order valence-corrected chi connectivity index (χ2v) is 1.79. The molecule has 0 saturated heterocycles. The van der Waals surface area contributed by atoms with Gasteiger partial charge in [-0.2, -0.15) is 11.8 Å². The molecule has 0 heterocycles. The molecular weight excluding hydrogens is 243 g/mol. The topological polar surface area (TPSA) is 0 Å². The Morgan fingerprint density at radius 1 is 1.50 bits per heavy atom. The fourth-order valence-electron chi connectivity index (χ4n) is 0.428. The van der Waals surface area contributed by atoms with Gasteiger partial charge in [0.1, 0.15) is 0 Å². The minimum Gasteiger partial charge on any atom is -0.784 e. The average Bonchev–Trinajstić information content (AvgIpc) is 2.24. The summed E-state index contributed by atoms with van der Waals surface area (Å²) in [6.07, 6.45) is 6.98. The molecule has 3 heteroatoms. The van der Waals surface area contributed by atoms with Crippen LogP contribution in [0.4, 0.5) is 0 Å². The second-order valence-electron chi connectivity index (χ2n) is 1.27. The van der Waals surface area contributed by atoms with Crippen LogP contribution in [0.2, 0.25) is 0 Å². The maximum absolute atomic E-state index is 4.80. The van der Waals surface area contributed by atoms with Crippen molar-refractivity contribution in [1.29, 1.82) is 0 Å². The second kappa shape index (κ2) is 12.5. The van der Waals surface area contributed by atoms with Crippen molar-refractivity contribution in [3.8, 4) is 0 Å². The molecule has 0 aromatic heterocycles. The minimum absolute atomic E-state index is 0. The predicted octanol–water partition coefficient (Wildman–Crippen LogP) is 2.64. The number of rotatable bonds is 0. The van der Waals surface area contributed by atoms with Crippen LogP contribution in [0.25, 0.3) is 0 Å². The standard InChI is InChI=1S/C5H6S.C2H5.ClH.Zr/c6-5-3-1-2-4-5;1-2;;/h1-3,6H,4H2;1H2,2H3;1H;/q;-1;;+2/p-1. The molecule has 0 bridgehead atoms. The van der Waals surface area contributed by atoms with Gasteiger partial charge >= 0.3 is 26.2 Å². The first kappa shape index (κ1) is 17.1. The smallest absolute Gasteiger partial charge is 0.784 e. The maximum atomic E-state index is 4.80. The van der Waals surface area contributed by atoms with Gasteiger partial charge in [-0.3, -0.25) is 0 Å². The van der Waals surface area contributed by atoms with Crippen molar-refractivity contribution in [3.05, 3.63) is 30.1 Å². The van der Waals surface area contributed by atoms with Crippen molar-refractivity contribution in [2.24, 2.45) is 0 Å². The van der Waals surface area contributed by atoms with Gasteiger partial charge in [0.2, 0.25) is 0 Å². The first-order valence-corrected chi connectivity index (χ1v) is 3.04. The van der Waals surface area contributed by atoms with Crippen molar-refractivity contribution < 1.29 is 26.2 Å². The summed E-state index contributed by atoms with van der Waals surface area (Å²) in [5, 5.41) is 0. The van der Waals surface area contributed by atoms with Gasteiger partial charge in [-0.15, -0.1) is 12.4 Å². The zero-order chi connectivity index (χ0) is 6.41. The summed E-state index contributed by atoms with van der Waals surface area (Å²) >= 11 is 4.80. The number of hydrogen-bond acceptors (Lipinski definition) is 1. The van der Waals surface area contributed by atoms with Gasteiger partial charge in [0.25, 0.3) is 0 Å². The summed E-state index contributed by atoms with van der Waals surface area (Å²) in [6.45, 7) is 5.00. The van der Waals surface area contributed by atoms with Crippen molar-refractivity contribution >= 4 is 25.0 Å². The Morgan fingerprint density at radius 2 is 2.00 bits per heavy atom. The summed E-state index contributed by atoms with van der Waals surface area (Å²) in [5.74, 6) is 0. The summed E-state index contributed by atoms with van der Waals surface area (Å²) < 4.78 is 0. The van der Waals surface area contributed by atoms with Crippen LogP contribution in [0.3, 0.4) is 0 Å². The molecule has 0 atom stereocenters. The molecule has 0 N–H and O–H groups in total. The van der Waals surface area contributed by atoms with E-state index < -0.39 is 0 Å². The van der Waals surface area contributed by atoms with Crippen molar-refractivity contribution in [3.63, 3.8) is 0 Å². The van der Waals surface area contributed by atoms with Crippen molar-refractivity contribution in [2.75, 3.05) is 0 Å². The molecule has 0 aromatic carbocycles. The van der Waals surface area contributed by atoms with Gasteiger partial charge in [0.15, 0.2) is 0 Å². The van der Waals surface area contributed by atoms with Gasteiger partial charge in [0.05, 0.1) is 0 Å². The first-order chi connectivity index (χ1) is 3.89. The van der Waals surface area contributed by atoms with Crippen LogP contribution in [-0.2, 0) is 38.8 Å². The molecule has 1 aliphatic carbocycles. The Balaban J connectivity index is -0.000000114. The molecular formula is C7H11ClSZr. The van der Waals surface area contributed by atoms with Crippen LogP contribution in [-0.4, -0.2) is 0 Å². The Bertz CT molecular complexity index is 110. The van der Waals surface area contributed by atoms with E-state index in [1.165, 1.54) is 0 Å². The third-order valence-electron chi connectivity index (χ3n) is 0.737. The van der Waals surface area contributed by atoms with Gasteiger partial charge in [-0.25, -0.2) is 0 Å². The fraction of sp³-hybridized carbons (Fsp3) is 0.286. The van der Waals surface area contributed by atoms with Gasteiger partial charge in [-0.05, 0) is 6.42 Å². The largest absolute Gasteiger partial charge is 2.00 e. The third kappa shape index (κ3) is 8.87. The van der Waals surface area contributed by atoms with Crippen LogP contribution >= 0.6 is 12.4 Å². The summed E-state index contributed by atoms with van der Waals surface area (Å²) in [7, 11) is 0. The van der Waals surface area contributed by atoms with E-state index in [4.69, 9.17) is 12.6 Å². The van der Waals surface area contributed by atoms with Crippen LogP contribution in [0.1, 0.15) is 13.3 Å². The molecule has 1 rings (SSSR count). The van der Waals surface area contributed by atoms with Gasteiger partial charge in [0, 0.05) is 0 Å². The molecule has 0 amide bonds. The molecule has 56 valence electrons. The predicted molar refractivity (Wildman–Crippen MR) is 47.5 cm³/mol. The minimum atomic E-state index is 0. The quantitative estimate of drug-likeness (QED) is 0.473. The van der Waals surface area contributed by atoms with E-state index in [9.17, 15) is 0 Å². The molecule has 0 saturated carbocycles. The van der Waals surface area contributed by atoms with E-state index in [0.29, 0.717) is 0 Å². The van der Waals surface area contributed by atoms with Gasteiger partial charge < -0.3 is 19.6 Å². The molecule has 0 unspecified atom stereocenters. The van der Waals surface area contributed by atoms with E-state index in [1.54, 1.807) is 6.92 Å². The van der Waals surface area contributed by atoms with E-state index in [2.05, 4.69) is 13.0 Å². The molecule has 0 radical (unpaired) electrons. The van der Waals surface area contributed by atoms with E-state index >= 15 is 0 Å². The van der Waals surface area contributed by atoms with Crippen molar-refractivity contribution in [2.45, 2.75) is 13.3 Å². The van der Waals surface area contributed by atoms with Crippen LogP contribution < -0.4 is 0 Å². The maximum Gasteiger partial charge on any atom is 2.00 e. The molecule has 1 aliphatic rings. The Labute approximate surface area is 94.1 Å². The average molecular weight is 254 g/mol. The molecule has 0 aromatic rings. The van der Waals surface area contributed by atoms with E-state index in [-0.39, 0.29) is 38.6 Å². The third-order valence-corrected chi connectivity index (χ3v) is 1.04. The SMILES string of the molecule is Cl.[CH2-]C.[S-]C1=CC=CC1.[Zr+2]. The molecule has 0 spiro atoms. The monoisotopic (exact) mass is 252 g/mol. The number of halogens is 1. The number of hydrogen-bond donors (Lipinski definition) is 0. The molecule has 0 nitrogen and oxygen atoms in total. The van der Waals surface area contributed by atoms with Crippen LogP contribution in [0.5, 0.6) is 0 Å². The zero-order valence-electron chi connectivity index (χ0n) is 5.96. The van der Waals surface area contributed by atoms with Crippen LogP contribution in [0.15, 0.2) is 23.1 Å². The Kier molecular flexibility index (Phi) is 21.4. The number of allylic oxidation sites excluding steroid dienone is 4. The Morgan fingerprint density at radius 3 is 2.10 bits per heavy atom. The summed E-state index contributed by atoms with van der Waals surface area (Å²) in [4.78, 5) is 1.05. The normalized spacial score (nSPS) is 11.6. The fourth-order valence-corrected chi connectivity index (χ4v) is 0.602. The summed E-state index contributed by atoms with van der Waals surface area (Å²) in [6, 6.07) is 0. The molecule has 0 fully saturated rings. The molecule has 10 heavy (non-hydrogen) atoms. The Hall–Kier alpha value is 0.873.